The standard InChI is InChI=1S/C17H27N5O3.C5H11N.C4H10/c1-17(2,3)25-16(23)22-9-7-21(8-10-22)14-12-5-6-18-11-13(12)19-15(20-14)24-4;1-6-4-2-3-5-6;1-3-4-2/h18H,5-11H2,1-4H3;2-5H2,1H3;3-4H2,1-2H3. The van der Waals surface area contributed by atoms with Gasteiger partial charge in [0.15, 0.2) is 0 Å². The third-order valence-electron chi connectivity index (χ3n) is 6.14. The molecular weight excluding hydrogens is 444 g/mol. The van der Waals surface area contributed by atoms with Crippen molar-refractivity contribution in [3.63, 3.8) is 0 Å². The summed E-state index contributed by atoms with van der Waals surface area (Å²) in [7, 11) is 3.76. The van der Waals surface area contributed by atoms with Crippen LogP contribution in [0.3, 0.4) is 0 Å². The first-order valence-corrected chi connectivity index (χ1v) is 13.2. The number of nitrogens with zero attached hydrogens (tertiary/aromatic N) is 5. The van der Waals surface area contributed by atoms with E-state index in [0.29, 0.717) is 19.1 Å². The van der Waals surface area contributed by atoms with Crippen LogP contribution in [0.2, 0.25) is 0 Å². The average molecular weight is 493 g/mol. The van der Waals surface area contributed by atoms with E-state index in [1.54, 1.807) is 12.0 Å². The van der Waals surface area contributed by atoms with Crippen molar-refractivity contribution in [3.05, 3.63) is 11.3 Å². The molecule has 0 radical (unpaired) electrons. The van der Waals surface area contributed by atoms with Gasteiger partial charge in [0.1, 0.15) is 11.4 Å². The molecule has 3 aliphatic heterocycles. The Morgan fingerprint density at radius 2 is 1.63 bits per heavy atom. The molecule has 0 saturated carbocycles. The van der Waals surface area contributed by atoms with Crippen LogP contribution in [0, 0.1) is 0 Å². The Labute approximate surface area is 212 Å². The lowest BCUT2D eigenvalue weighted by Gasteiger charge is -2.37. The molecule has 0 aromatic carbocycles. The number of rotatable bonds is 3. The molecule has 3 aliphatic rings. The number of carbonyl (C=O) groups is 1. The number of fused-ring (bicyclic) bond motifs is 1. The molecule has 9 heteroatoms. The van der Waals surface area contributed by atoms with Gasteiger partial charge in [-0.25, -0.2) is 4.79 Å². The van der Waals surface area contributed by atoms with Gasteiger partial charge in [0.25, 0.3) is 0 Å². The zero-order chi connectivity index (χ0) is 25.8. The molecule has 2 fully saturated rings. The third-order valence-corrected chi connectivity index (χ3v) is 6.14. The second kappa shape index (κ2) is 14.4. The first kappa shape index (κ1) is 29.1. The number of ether oxygens (including phenoxy) is 2. The number of nitrogens with one attached hydrogen (secondary N) is 1. The van der Waals surface area contributed by atoms with E-state index in [2.05, 4.69) is 46.0 Å². The van der Waals surface area contributed by atoms with Gasteiger partial charge in [0.2, 0.25) is 0 Å². The Bertz CT molecular complexity index is 767. The van der Waals surface area contributed by atoms with Gasteiger partial charge in [-0.2, -0.15) is 9.97 Å². The van der Waals surface area contributed by atoms with Crippen molar-refractivity contribution in [1.29, 1.82) is 0 Å². The van der Waals surface area contributed by atoms with Gasteiger partial charge in [-0.05, 0) is 66.7 Å². The molecule has 0 spiro atoms. The molecule has 2 saturated heterocycles. The summed E-state index contributed by atoms with van der Waals surface area (Å²) in [6.45, 7) is 17.0. The number of piperazine rings is 1. The number of unbranched alkanes of at least 4 members (excludes halogenated alkanes) is 1. The largest absolute Gasteiger partial charge is 0.467 e. The van der Waals surface area contributed by atoms with Gasteiger partial charge in [-0.15, -0.1) is 0 Å². The van der Waals surface area contributed by atoms with Crippen LogP contribution >= 0.6 is 0 Å². The van der Waals surface area contributed by atoms with E-state index < -0.39 is 5.60 Å². The summed E-state index contributed by atoms with van der Waals surface area (Å²) < 4.78 is 10.7. The second-order valence-corrected chi connectivity index (χ2v) is 10.4. The maximum atomic E-state index is 12.2. The van der Waals surface area contributed by atoms with Crippen molar-refractivity contribution in [2.24, 2.45) is 0 Å². The first-order chi connectivity index (χ1) is 16.7. The van der Waals surface area contributed by atoms with E-state index in [1.165, 1.54) is 44.3 Å². The minimum absolute atomic E-state index is 0.251. The lowest BCUT2D eigenvalue weighted by atomic mass is 10.1. The van der Waals surface area contributed by atoms with E-state index in [-0.39, 0.29) is 6.09 Å². The number of hydrogen-bond acceptors (Lipinski definition) is 8. The summed E-state index contributed by atoms with van der Waals surface area (Å²) in [5, 5.41) is 3.33. The molecule has 1 aromatic heterocycles. The molecule has 0 unspecified atom stereocenters. The molecule has 9 nitrogen and oxygen atoms in total. The van der Waals surface area contributed by atoms with Gasteiger partial charge < -0.3 is 29.5 Å². The number of anilines is 1. The highest BCUT2D eigenvalue weighted by Gasteiger charge is 2.29. The minimum Gasteiger partial charge on any atom is -0.467 e. The fourth-order valence-corrected chi connectivity index (χ4v) is 3.97. The van der Waals surface area contributed by atoms with Gasteiger partial charge in [0.05, 0.1) is 12.8 Å². The molecular formula is C26H48N6O3. The molecule has 4 rings (SSSR count). The molecule has 0 bridgehead atoms. The maximum Gasteiger partial charge on any atom is 0.410 e. The highest BCUT2D eigenvalue weighted by Crippen LogP contribution is 2.27. The monoisotopic (exact) mass is 492 g/mol. The van der Waals surface area contributed by atoms with Gasteiger partial charge in [-0.1, -0.05) is 26.7 Å². The number of carbonyl (C=O) groups excluding carboxylic acids is 1. The van der Waals surface area contributed by atoms with E-state index in [0.717, 1.165) is 44.1 Å². The van der Waals surface area contributed by atoms with Crippen LogP contribution in [-0.2, 0) is 17.7 Å². The number of aromatic nitrogens is 2. The van der Waals surface area contributed by atoms with Crippen molar-refractivity contribution in [2.45, 2.75) is 78.9 Å². The van der Waals surface area contributed by atoms with Gasteiger partial charge >= 0.3 is 12.1 Å². The number of likely N-dealkylation sites (tertiary alicyclic amines) is 1. The Kier molecular flexibility index (Phi) is 12.0. The minimum atomic E-state index is -0.472. The SMILES string of the molecule is CCCC.CN1CCCC1.COc1nc2c(c(N3CCN(C(=O)OC(C)(C)C)CC3)n1)CCNC2. The number of amides is 1. The molecule has 1 N–H and O–H groups in total. The predicted molar refractivity (Wildman–Crippen MR) is 141 cm³/mol. The van der Waals surface area contributed by atoms with Crippen molar-refractivity contribution >= 4 is 11.9 Å². The summed E-state index contributed by atoms with van der Waals surface area (Å²) in [5.74, 6) is 0.937. The van der Waals surface area contributed by atoms with E-state index in [4.69, 9.17) is 9.47 Å². The molecule has 200 valence electrons. The Balaban J connectivity index is 0.000000360. The topological polar surface area (TPSA) is 83.1 Å². The second-order valence-electron chi connectivity index (χ2n) is 10.4. The molecule has 0 aliphatic carbocycles. The van der Waals surface area contributed by atoms with E-state index >= 15 is 0 Å². The van der Waals surface area contributed by atoms with E-state index in [9.17, 15) is 4.79 Å². The Hall–Kier alpha value is -2.13. The van der Waals surface area contributed by atoms with Crippen molar-refractivity contribution < 1.29 is 14.3 Å². The molecule has 0 atom stereocenters. The fourth-order valence-electron chi connectivity index (χ4n) is 3.97. The average Bonchev–Trinajstić information content (AvgIpc) is 3.33. The van der Waals surface area contributed by atoms with Gasteiger partial charge in [-0.3, -0.25) is 0 Å². The molecule has 35 heavy (non-hydrogen) atoms. The summed E-state index contributed by atoms with van der Waals surface area (Å²) in [6.07, 6.45) is 6.12. The van der Waals surface area contributed by atoms with Crippen LogP contribution in [0.1, 0.15) is 71.6 Å². The highest BCUT2D eigenvalue weighted by atomic mass is 16.6. The van der Waals surface area contributed by atoms with Crippen LogP contribution in [-0.4, -0.2) is 91.4 Å². The number of methoxy groups -OCH3 is 1. The van der Waals surface area contributed by atoms with Crippen LogP contribution < -0.4 is 15.0 Å². The quantitative estimate of drug-likeness (QED) is 0.684. The zero-order valence-corrected chi connectivity index (χ0v) is 23.2. The van der Waals surface area contributed by atoms with Crippen LogP contribution in [0.15, 0.2) is 0 Å². The van der Waals surface area contributed by atoms with Crippen LogP contribution in [0.5, 0.6) is 6.01 Å². The fraction of sp³-hybridized carbons (Fsp3) is 0.808. The van der Waals surface area contributed by atoms with Gasteiger partial charge in [0, 0.05) is 38.3 Å². The third kappa shape index (κ3) is 9.80. The number of hydrogen-bond donors (Lipinski definition) is 1. The highest BCUT2D eigenvalue weighted by molar-refractivity contribution is 5.68. The normalized spacial score (nSPS) is 18.0. The van der Waals surface area contributed by atoms with Crippen molar-refractivity contribution in [2.75, 3.05) is 64.9 Å². The van der Waals surface area contributed by atoms with Crippen LogP contribution in [0.4, 0.5) is 10.6 Å². The zero-order valence-electron chi connectivity index (χ0n) is 23.2. The molecule has 1 aromatic rings. The predicted octanol–water partition coefficient (Wildman–Crippen LogP) is 3.71. The molecule has 4 heterocycles. The first-order valence-electron chi connectivity index (χ1n) is 13.2. The van der Waals surface area contributed by atoms with Crippen molar-refractivity contribution in [1.82, 2.24) is 25.1 Å². The Morgan fingerprint density at radius 3 is 2.11 bits per heavy atom. The summed E-state index contributed by atoms with van der Waals surface area (Å²) >= 11 is 0. The van der Waals surface area contributed by atoms with Crippen LogP contribution in [0.25, 0.3) is 0 Å². The summed E-state index contributed by atoms with van der Waals surface area (Å²) in [6, 6.07) is 0.395. The Morgan fingerprint density at radius 1 is 1.00 bits per heavy atom. The van der Waals surface area contributed by atoms with E-state index in [1.807, 2.05) is 20.8 Å². The summed E-state index contributed by atoms with van der Waals surface area (Å²) in [5.41, 5.74) is 1.72. The maximum absolute atomic E-state index is 12.2. The lowest BCUT2D eigenvalue weighted by molar-refractivity contribution is 0.0240. The smallest absolute Gasteiger partial charge is 0.410 e. The van der Waals surface area contributed by atoms with Crippen molar-refractivity contribution in [3.8, 4) is 6.01 Å². The molecule has 1 amide bonds. The lowest BCUT2D eigenvalue weighted by Crippen LogP contribution is -2.50. The summed E-state index contributed by atoms with van der Waals surface area (Å²) in [4.78, 5) is 27.6.